The van der Waals surface area contributed by atoms with E-state index in [9.17, 15) is 4.79 Å². The van der Waals surface area contributed by atoms with E-state index in [4.69, 9.17) is 5.10 Å². The molecular weight excluding hydrogens is 322 g/mol. The smallest absolute Gasteiger partial charge is 0.246 e. The summed E-state index contributed by atoms with van der Waals surface area (Å²) in [4.78, 5) is 14.7. The van der Waals surface area contributed by atoms with Crippen molar-refractivity contribution in [3.8, 4) is 11.3 Å². The van der Waals surface area contributed by atoms with Gasteiger partial charge in [0.25, 0.3) is 0 Å². The Kier molecular flexibility index (Phi) is 4.57. The Hall–Kier alpha value is -2.88. The molecule has 3 heterocycles. The van der Waals surface area contributed by atoms with E-state index in [-0.39, 0.29) is 5.91 Å². The lowest BCUT2D eigenvalue weighted by molar-refractivity contribution is -0.129. The maximum atomic E-state index is 12.7. The van der Waals surface area contributed by atoms with Crippen LogP contribution in [0.3, 0.4) is 0 Å². The Balaban J connectivity index is 1.72. The molecule has 1 aliphatic heterocycles. The number of hydrogen-bond acceptors (Lipinski definition) is 2. The number of hydrogen-bond donors (Lipinski definition) is 0. The second-order valence-corrected chi connectivity index (χ2v) is 6.87. The highest BCUT2D eigenvalue weighted by atomic mass is 16.2. The van der Waals surface area contributed by atoms with Crippen LogP contribution in [0, 0.1) is 0 Å². The van der Waals surface area contributed by atoms with Gasteiger partial charge in [-0.05, 0) is 44.4 Å². The Morgan fingerprint density at radius 2 is 1.92 bits per heavy atom. The number of carbonyl (C=O) groups excluding carboxylic acids is 1. The van der Waals surface area contributed by atoms with E-state index in [1.807, 2.05) is 70.2 Å². The second-order valence-electron chi connectivity index (χ2n) is 6.87. The first-order valence-corrected chi connectivity index (χ1v) is 9.25. The van der Waals surface area contributed by atoms with Gasteiger partial charge in [0, 0.05) is 36.0 Å². The zero-order chi connectivity index (χ0) is 17.9. The third kappa shape index (κ3) is 3.15. The number of pyridine rings is 1. The van der Waals surface area contributed by atoms with Gasteiger partial charge >= 0.3 is 0 Å². The third-order valence-electron chi connectivity index (χ3n) is 5.10. The van der Waals surface area contributed by atoms with Gasteiger partial charge in [-0.1, -0.05) is 36.4 Å². The number of rotatable bonds is 3. The van der Waals surface area contributed by atoms with Crippen molar-refractivity contribution in [2.24, 2.45) is 0 Å². The molecule has 1 aliphatic rings. The maximum absolute atomic E-state index is 12.7. The normalized spacial score (nSPS) is 17.9. The highest BCUT2D eigenvalue weighted by Gasteiger charge is 2.21. The van der Waals surface area contributed by atoms with Crippen molar-refractivity contribution >= 4 is 17.5 Å². The molecule has 1 aromatic carbocycles. The van der Waals surface area contributed by atoms with Crippen LogP contribution < -0.4 is 0 Å². The van der Waals surface area contributed by atoms with E-state index >= 15 is 0 Å². The van der Waals surface area contributed by atoms with Crippen LogP contribution in [-0.2, 0) is 4.79 Å². The van der Waals surface area contributed by atoms with Crippen molar-refractivity contribution < 1.29 is 4.79 Å². The van der Waals surface area contributed by atoms with E-state index in [2.05, 4.69) is 6.92 Å². The zero-order valence-electron chi connectivity index (χ0n) is 15.0. The largest absolute Gasteiger partial charge is 0.336 e. The molecule has 1 fully saturated rings. The number of benzene rings is 1. The van der Waals surface area contributed by atoms with Gasteiger partial charge < -0.3 is 4.90 Å². The van der Waals surface area contributed by atoms with Crippen LogP contribution in [0.4, 0.5) is 0 Å². The minimum atomic E-state index is 0.0893. The van der Waals surface area contributed by atoms with Crippen molar-refractivity contribution in [3.63, 3.8) is 0 Å². The number of aromatic nitrogens is 2. The fraction of sp³-hybridized carbons (Fsp3) is 0.273. The number of piperidine rings is 1. The fourth-order valence-electron chi connectivity index (χ4n) is 3.67. The molecule has 26 heavy (non-hydrogen) atoms. The Morgan fingerprint density at radius 3 is 2.73 bits per heavy atom. The summed E-state index contributed by atoms with van der Waals surface area (Å²) in [6, 6.07) is 16.4. The summed E-state index contributed by atoms with van der Waals surface area (Å²) in [7, 11) is 0. The lowest BCUT2D eigenvalue weighted by Gasteiger charge is -2.32. The summed E-state index contributed by atoms with van der Waals surface area (Å²) < 4.78 is 1.87. The van der Waals surface area contributed by atoms with Crippen molar-refractivity contribution in [2.45, 2.75) is 32.2 Å². The fourth-order valence-corrected chi connectivity index (χ4v) is 3.67. The molecule has 1 atom stereocenters. The minimum absolute atomic E-state index is 0.0893. The standard InChI is InChI=1S/C22H23N3O/c1-17-9-5-7-15-24(17)21(26)14-13-19-20-12-6-8-16-25(20)23-22(19)18-10-3-2-4-11-18/h2-4,6,8,10-14,16-17H,5,7,9,15H2,1H3/b14-13+. The predicted molar refractivity (Wildman–Crippen MR) is 105 cm³/mol. The number of amides is 1. The SMILES string of the molecule is CC1CCCCN1C(=O)/C=C/c1c(-c2ccccc2)nn2ccccc12. The molecule has 4 nitrogen and oxygen atoms in total. The number of nitrogens with zero attached hydrogens (tertiary/aromatic N) is 3. The number of likely N-dealkylation sites (tertiary alicyclic amines) is 1. The van der Waals surface area contributed by atoms with Gasteiger partial charge in [0.15, 0.2) is 0 Å². The highest BCUT2D eigenvalue weighted by Crippen LogP contribution is 2.27. The van der Waals surface area contributed by atoms with Crippen LogP contribution in [0.5, 0.6) is 0 Å². The lowest BCUT2D eigenvalue weighted by Crippen LogP contribution is -2.41. The van der Waals surface area contributed by atoms with E-state index < -0.39 is 0 Å². The van der Waals surface area contributed by atoms with Crippen LogP contribution in [0.15, 0.2) is 60.8 Å². The molecule has 0 N–H and O–H groups in total. The number of carbonyl (C=O) groups is 1. The van der Waals surface area contributed by atoms with Gasteiger partial charge in [0.1, 0.15) is 5.69 Å². The molecule has 132 valence electrons. The van der Waals surface area contributed by atoms with Crippen LogP contribution in [0.2, 0.25) is 0 Å². The molecule has 0 saturated carbocycles. The van der Waals surface area contributed by atoms with Crippen LogP contribution in [0.1, 0.15) is 31.7 Å². The first-order valence-electron chi connectivity index (χ1n) is 9.25. The van der Waals surface area contributed by atoms with Gasteiger partial charge in [-0.3, -0.25) is 4.79 Å². The van der Waals surface area contributed by atoms with Crippen LogP contribution >= 0.6 is 0 Å². The zero-order valence-corrected chi connectivity index (χ0v) is 15.0. The first-order chi connectivity index (χ1) is 12.7. The van der Waals surface area contributed by atoms with Crippen molar-refractivity contribution in [3.05, 3.63) is 66.4 Å². The minimum Gasteiger partial charge on any atom is -0.336 e. The maximum Gasteiger partial charge on any atom is 0.246 e. The first kappa shape index (κ1) is 16.6. The molecule has 1 saturated heterocycles. The van der Waals surface area contributed by atoms with E-state index in [0.29, 0.717) is 6.04 Å². The molecular formula is C22H23N3O. The van der Waals surface area contributed by atoms with Crippen molar-refractivity contribution in [2.75, 3.05) is 6.54 Å². The van der Waals surface area contributed by atoms with Gasteiger partial charge in [0.05, 0.1) is 5.52 Å². The molecule has 0 spiro atoms. The van der Waals surface area contributed by atoms with E-state index in [1.54, 1.807) is 6.08 Å². The van der Waals surface area contributed by atoms with Crippen molar-refractivity contribution in [1.29, 1.82) is 0 Å². The number of fused-ring (bicyclic) bond motifs is 1. The van der Waals surface area contributed by atoms with E-state index in [0.717, 1.165) is 41.7 Å². The Labute approximate surface area is 153 Å². The molecule has 0 aliphatic carbocycles. The average molecular weight is 345 g/mol. The van der Waals surface area contributed by atoms with Crippen LogP contribution in [0.25, 0.3) is 22.9 Å². The molecule has 0 radical (unpaired) electrons. The quantitative estimate of drug-likeness (QED) is 0.659. The summed E-state index contributed by atoms with van der Waals surface area (Å²) in [6.45, 7) is 2.99. The van der Waals surface area contributed by atoms with E-state index in [1.165, 1.54) is 6.42 Å². The van der Waals surface area contributed by atoms with Gasteiger partial charge in [-0.15, -0.1) is 0 Å². The monoisotopic (exact) mass is 345 g/mol. The average Bonchev–Trinajstić information content (AvgIpc) is 3.06. The van der Waals surface area contributed by atoms with Gasteiger partial charge in [-0.25, -0.2) is 4.52 Å². The molecule has 1 amide bonds. The molecule has 3 aromatic rings. The van der Waals surface area contributed by atoms with Crippen LogP contribution in [-0.4, -0.2) is 33.0 Å². The third-order valence-corrected chi connectivity index (χ3v) is 5.10. The molecule has 1 unspecified atom stereocenters. The summed E-state index contributed by atoms with van der Waals surface area (Å²) >= 11 is 0. The summed E-state index contributed by atoms with van der Waals surface area (Å²) in [5, 5.41) is 4.73. The Morgan fingerprint density at radius 1 is 1.12 bits per heavy atom. The highest BCUT2D eigenvalue weighted by molar-refractivity contribution is 5.95. The van der Waals surface area contributed by atoms with Gasteiger partial charge in [0.2, 0.25) is 5.91 Å². The predicted octanol–water partition coefficient (Wildman–Crippen LogP) is 4.42. The Bertz CT molecular complexity index is 942. The van der Waals surface area contributed by atoms with Crippen molar-refractivity contribution in [1.82, 2.24) is 14.5 Å². The summed E-state index contributed by atoms with van der Waals surface area (Å²) in [5.41, 5.74) is 3.93. The summed E-state index contributed by atoms with van der Waals surface area (Å²) in [5.74, 6) is 0.0893. The topological polar surface area (TPSA) is 37.6 Å². The second kappa shape index (κ2) is 7.16. The molecule has 4 rings (SSSR count). The lowest BCUT2D eigenvalue weighted by atomic mass is 10.0. The molecule has 0 bridgehead atoms. The molecule has 4 heteroatoms. The van der Waals surface area contributed by atoms with Gasteiger partial charge in [-0.2, -0.15) is 5.10 Å². The molecule has 2 aromatic heterocycles. The summed E-state index contributed by atoms with van der Waals surface area (Å²) in [6.07, 6.45) is 8.96.